The van der Waals surface area contributed by atoms with Crippen LogP contribution in [0.25, 0.3) is 0 Å². The summed E-state index contributed by atoms with van der Waals surface area (Å²) in [6, 6.07) is 0. The Bertz CT molecular complexity index is 1120. The van der Waals surface area contributed by atoms with E-state index in [-0.39, 0.29) is 24.5 Å². The molecule has 1 amide bonds. The summed E-state index contributed by atoms with van der Waals surface area (Å²) in [5.41, 5.74) is 0. The van der Waals surface area contributed by atoms with Crippen molar-refractivity contribution < 1.29 is 24.2 Å². The maximum absolute atomic E-state index is 12.8. The maximum atomic E-state index is 12.8. The molecule has 2 N–H and O–H groups in total. The molecule has 58 heavy (non-hydrogen) atoms. The van der Waals surface area contributed by atoms with Gasteiger partial charge in [0.1, 0.15) is 12.6 Å². The Hall–Kier alpha value is -3.15. The summed E-state index contributed by atoms with van der Waals surface area (Å²) >= 11 is 0. The highest BCUT2D eigenvalue weighted by Crippen LogP contribution is 2.18. The third kappa shape index (κ3) is 45.6. The van der Waals surface area contributed by atoms with Crippen LogP contribution in [0.4, 0.5) is 0 Å². The van der Waals surface area contributed by atoms with Gasteiger partial charge in [0.15, 0.2) is 0 Å². The molecule has 0 heterocycles. The van der Waals surface area contributed by atoms with Gasteiger partial charge in [0.25, 0.3) is 0 Å². The van der Waals surface area contributed by atoms with Gasteiger partial charge in [-0.2, -0.15) is 0 Å². The number of rotatable bonds is 43. The van der Waals surface area contributed by atoms with Crippen molar-refractivity contribution in [2.45, 2.75) is 232 Å². The second-order valence-electron chi connectivity index (χ2n) is 16.0. The van der Waals surface area contributed by atoms with E-state index in [4.69, 9.17) is 9.84 Å². The fourth-order valence-corrected chi connectivity index (χ4v) is 6.83. The Balaban J connectivity index is 4.23. The van der Waals surface area contributed by atoms with Gasteiger partial charge in [-0.15, -0.1) is 0 Å². The van der Waals surface area contributed by atoms with Crippen molar-refractivity contribution >= 4 is 17.8 Å². The number of allylic oxidation sites excluding steroid dienone is 12. The molecule has 0 aromatic carbocycles. The number of carbonyl (C=O) groups is 3. The monoisotopic (exact) mass is 808 g/mol. The van der Waals surface area contributed by atoms with Crippen LogP contribution in [-0.2, 0) is 19.1 Å². The van der Waals surface area contributed by atoms with Crippen molar-refractivity contribution in [2.24, 2.45) is 0 Å². The summed E-state index contributed by atoms with van der Waals surface area (Å²) in [5.74, 6) is -1.26. The smallest absolute Gasteiger partial charge is 0.322 e. The number of amides is 1. The molecule has 0 saturated carbocycles. The van der Waals surface area contributed by atoms with E-state index in [9.17, 15) is 14.4 Å². The van der Waals surface area contributed by atoms with Crippen molar-refractivity contribution in [3.8, 4) is 0 Å². The number of unbranched alkanes of at least 4 members (excludes halogenated alkanes) is 20. The first-order chi connectivity index (χ1) is 28.5. The molecule has 0 aromatic rings. The zero-order chi connectivity index (χ0) is 42.3. The molecule has 1 unspecified atom stereocenters. The highest BCUT2D eigenvalue weighted by molar-refractivity contribution is 5.80. The van der Waals surface area contributed by atoms with Crippen molar-refractivity contribution in [3.63, 3.8) is 0 Å². The molecule has 0 fully saturated rings. The lowest BCUT2D eigenvalue weighted by molar-refractivity contribution is -0.150. The lowest BCUT2D eigenvalue weighted by Gasteiger charge is -2.18. The van der Waals surface area contributed by atoms with Gasteiger partial charge >= 0.3 is 11.9 Å². The SMILES string of the molecule is CC/C=C\C/C=C\C/C=C\C/C=C\C/C=C\CCCCCCCC(=O)OC(CCCCC/C=C\CCCCCCCCCC)CCCCCCCC(=O)NCC(=O)O. The first kappa shape index (κ1) is 54.9. The molecule has 6 nitrogen and oxygen atoms in total. The number of esters is 1. The summed E-state index contributed by atoms with van der Waals surface area (Å²) in [6.07, 6.45) is 63.2. The Morgan fingerprint density at radius 2 is 0.845 bits per heavy atom. The largest absolute Gasteiger partial charge is 0.480 e. The van der Waals surface area contributed by atoms with Crippen LogP contribution in [0.2, 0.25) is 0 Å². The van der Waals surface area contributed by atoms with Crippen LogP contribution in [0.1, 0.15) is 226 Å². The molecule has 0 aliphatic rings. The molecule has 0 aliphatic carbocycles. The standard InChI is InChI=1S/C52H89NO5/c1-3-5-7-9-11-13-15-17-19-20-21-22-23-24-26-28-30-32-34-39-43-47-52(57)58-49(45-41-37-35-38-42-46-50(54)53-48-51(55)56)44-40-36-33-31-29-27-25-18-16-14-12-10-8-6-4-2/h5,7,11,13,17,19,21-22,24,26-27,29,49H,3-4,6,8-10,12,14-16,18,20,23,25,28,30-48H2,1-2H3,(H,53,54)(H,55,56)/b7-5-,13-11-,19-17-,22-21-,26-24-,29-27-. The van der Waals surface area contributed by atoms with Gasteiger partial charge < -0.3 is 15.2 Å². The average molecular weight is 808 g/mol. The van der Waals surface area contributed by atoms with Crippen molar-refractivity contribution in [1.82, 2.24) is 5.32 Å². The Morgan fingerprint density at radius 3 is 1.33 bits per heavy atom. The molecule has 6 heteroatoms. The molecule has 0 saturated heterocycles. The van der Waals surface area contributed by atoms with Gasteiger partial charge in [-0.25, -0.2) is 0 Å². The van der Waals surface area contributed by atoms with Crippen LogP contribution >= 0.6 is 0 Å². The van der Waals surface area contributed by atoms with E-state index >= 15 is 0 Å². The molecule has 0 aromatic heterocycles. The first-order valence-corrected chi connectivity index (χ1v) is 24.1. The maximum Gasteiger partial charge on any atom is 0.322 e. The van der Waals surface area contributed by atoms with Crippen molar-refractivity contribution in [2.75, 3.05) is 6.54 Å². The number of hydrogen-bond donors (Lipinski definition) is 2. The number of carboxylic acid groups (broad SMARTS) is 1. The van der Waals surface area contributed by atoms with E-state index in [1.54, 1.807) is 0 Å². The van der Waals surface area contributed by atoms with Gasteiger partial charge in [-0.05, 0) is 109 Å². The average Bonchev–Trinajstić information content (AvgIpc) is 3.21. The van der Waals surface area contributed by atoms with Gasteiger partial charge in [0.05, 0.1) is 0 Å². The third-order valence-electron chi connectivity index (χ3n) is 10.4. The van der Waals surface area contributed by atoms with Gasteiger partial charge in [0, 0.05) is 12.8 Å². The molecule has 0 aliphatic heterocycles. The zero-order valence-electron chi connectivity index (χ0n) is 37.6. The van der Waals surface area contributed by atoms with Crippen LogP contribution in [0.3, 0.4) is 0 Å². The van der Waals surface area contributed by atoms with Crippen LogP contribution in [-0.4, -0.2) is 35.6 Å². The number of carboxylic acids is 1. The van der Waals surface area contributed by atoms with Crippen molar-refractivity contribution in [3.05, 3.63) is 72.9 Å². The van der Waals surface area contributed by atoms with Crippen molar-refractivity contribution in [1.29, 1.82) is 0 Å². The minimum atomic E-state index is -1.02. The minimum Gasteiger partial charge on any atom is -0.480 e. The fourth-order valence-electron chi connectivity index (χ4n) is 6.83. The number of ether oxygens (including phenoxy) is 1. The van der Waals surface area contributed by atoms with E-state index in [2.05, 4.69) is 92.1 Å². The molecule has 0 radical (unpaired) electrons. The van der Waals surface area contributed by atoms with E-state index in [1.165, 1.54) is 83.5 Å². The highest BCUT2D eigenvalue weighted by atomic mass is 16.5. The molecular formula is C52H89NO5. The summed E-state index contributed by atoms with van der Waals surface area (Å²) in [4.78, 5) is 35.2. The number of nitrogens with one attached hydrogen (secondary N) is 1. The zero-order valence-corrected chi connectivity index (χ0v) is 37.6. The van der Waals surface area contributed by atoms with Gasteiger partial charge in [-0.3, -0.25) is 14.4 Å². The number of carbonyl (C=O) groups excluding carboxylic acids is 2. The fraction of sp³-hybridized carbons (Fsp3) is 0.712. The van der Waals surface area contributed by atoms with Crippen LogP contribution < -0.4 is 5.32 Å². The summed E-state index contributed by atoms with van der Waals surface area (Å²) in [6.45, 7) is 4.12. The predicted octanol–water partition coefficient (Wildman–Crippen LogP) is 15.3. The number of hydrogen-bond acceptors (Lipinski definition) is 4. The van der Waals surface area contributed by atoms with E-state index < -0.39 is 5.97 Å². The van der Waals surface area contributed by atoms with Crippen LogP contribution in [0.5, 0.6) is 0 Å². The summed E-state index contributed by atoms with van der Waals surface area (Å²) < 4.78 is 6.04. The molecule has 0 bridgehead atoms. The van der Waals surface area contributed by atoms with E-state index in [0.29, 0.717) is 12.8 Å². The highest BCUT2D eigenvalue weighted by Gasteiger charge is 2.14. The van der Waals surface area contributed by atoms with E-state index in [1.807, 2.05) is 0 Å². The first-order valence-electron chi connectivity index (χ1n) is 24.1. The summed E-state index contributed by atoms with van der Waals surface area (Å²) in [7, 11) is 0. The second kappa shape index (κ2) is 46.5. The molecule has 0 rings (SSSR count). The lowest BCUT2D eigenvalue weighted by Crippen LogP contribution is -2.28. The quantitative estimate of drug-likeness (QED) is 0.0364. The lowest BCUT2D eigenvalue weighted by atomic mass is 10.0. The molecular weight excluding hydrogens is 719 g/mol. The summed E-state index contributed by atoms with van der Waals surface area (Å²) in [5, 5.41) is 11.1. The second-order valence-corrected chi connectivity index (χ2v) is 16.0. The molecule has 0 spiro atoms. The normalized spacial score (nSPS) is 12.7. The van der Waals surface area contributed by atoms with E-state index in [0.717, 1.165) is 116 Å². The molecule has 332 valence electrons. The Labute approximate surface area is 357 Å². The van der Waals surface area contributed by atoms with Gasteiger partial charge in [0.2, 0.25) is 5.91 Å². The minimum absolute atomic E-state index is 0.00437. The third-order valence-corrected chi connectivity index (χ3v) is 10.4. The Kier molecular flexibility index (Phi) is 44.0. The van der Waals surface area contributed by atoms with Crippen LogP contribution in [0.15, 0.2) is 72.9 Å². The molecule has 1 atom stereocenters. The predicted molar refractivity (Wildman–Crippen MR) is 249 cm³/mol. The van der Waals surface area contributed by atoms with Crippen LogP contribution in [0, 0.1) is 0 Å². The number of aliphatic carboxylic acids is 1. The topological polar surface area (TPSA) is 92.7 Å². The Morgan fingerprint density at radius 1 is 0.466 bits per heavy atom. The van der Waals surface area contributed by atoms with Gasteiger partial charge in [-0.1, -0.05) is 177 Å².